The molecular weight excluding hydrogens is 279 g/mol. The van der Waals surface area contributed by atoms with Crippen LogP contribution >= 0.6 is 9.69 Å². The summed E-state index contributed by atoms with van der Waals surface area (Å²) in [6.07, 6.45) is -0.447. The Labute approximate surface area is 110 Å². The Morgan fingerprint density at radius 2 is 2.12 bits per heavy atom. The molecule has 0 aliphatic heterocycles. The van der Waals surface area contributed by atoms with E-state index in [4.69, 9.17) is 14.4 Å². The van der Waals surface area contributed by atoms with Crippen LogP contribution in [0.3, 0.4) is 0 Å². The Bertz CT molecular complexity index is 312. The summed E-state index contributed by atoms with van der Waals surface area (Å²) >= 11 is 0.847. The predicted molar refractivity (Wildman–Crippen MR) is 61.0 cm³/mol. The van der Waals surface area contributed by atoms with Crippen LogP contribution in [0.1, 0.15) is 20.8 Å². The van der Waals surface area contributed by atoms with Gasteiger partial charge in [0.05, 0.1) is 0 Å². The average Bonchev–Trinajstić information content (AvgIpc) is 2.19. The van der Waals surface area contributed by atoms with Gasteiger partial charge in [0.1, 0.15) is 5.60 Å². The molecule has 0 aromatic heterocycles. The molecule has 0 atom stereocenters. The van der Waals surface area contributed by atoms with E-state index in [9.17, 15) is 4.79 Å². The van der Waals surface area contributed by atoms with Crippen LogP contribution in [0.2, 0.25) is 0 Å². The van der Waals surface area contributed by atoms with Crippen LogP contribution in [-0.4, -0.2) is 11.7 Å². The number of ether oxygens (including phenoxy) is 1. The van der Waals surface area contributed by atoms with Crippen molar-refractivity contribution in [3.05, 3.63) is 30.3 Å². The van der Waals surface area contributed by atoms with Gasteiger partial charge in [0.25, 0.3) is 0 Å². The van der Waals surface area contributed by atoms with Crippen LogP contribution in [-0.2, 0) is 22.0 Å². The van der Waals surface area contributed by atoms with Gasteiger partial charge in [0.2, 0.25) is 0 Å². The molecule has 0 spiro atoms. The number of hydrogen-bond acceptors (Lipinski definition) is 2. The van der Waals surface area contributed by atoms with Gasteiger partial charge in [-0.25, -0.2) is 4.79 Å². The minimum atomic E-state index is -0.470. The molecule has 0 unspecified atom stereocenters. The molecule has 1 N–H and O–H groups in total. The molecule has 0 aliphatic rings. The van der Waals surface area contributed by atoms with E-state index >= 15 is 0 Å². The van der Waals surface area contributed by atoms with Crippen molar-refractivity contribution in [2.45, 2.75) is 26.4 Å². The third kappa shape index (κ3) is 7.66. The molecule has 0 bridgehead atoms. The van der Waals surface area contributed by atoms with Gasteiger partial charge < -0.3 is 10.1 Å². The first-order valence-corrected chi connectivity index (χ1v) is 8.60. The van der Waals surface area contributed by atoms with Crippen molar-refractivity contribution in [3.8, 4) is 0 Å². The van der Waals surface area contributed by atoms with Crippen LogP contribution in [0, 0.1) is 6.07 Å². The number of nitrogens with one attached hydrogen (secondary N) is 1. The maximum atomic E-state index is 11.3. The second-order valence-electron chi connectivity index (χ2n) is 3.92. The zero-order chi connectivity index (χ0) is 12.6. The number of rotatable bonds is 1. The normalized spacial score (nSPS) is 9.88. The molecule has 0 saturated heterocycles. The number of carbonyl (C=O) groups is 1. The molecular formula is C11H14ClNO2Zn. The van der Waals surface area contributed by atoms with E-state index < -0.39 is 11.7 Å². The monoisotopic (exact) mass is 291 g/mol. The van der Waals surface area contributed by atoms with E-state index in [1.54, 1.807) is 24.3 Å². The molecule has 0 heterocycles. The third-order valence-electron chi connectivity index (χ3n) is 1.35. The minimum absolute atomic E-state index is 0.447. The predicted octanol–water partition coefficient (Wildman–Crippen LogP) is 3.52. The van der Waals surface area contributed by atoms with Gasteiger partial charge in [-0.2, -0.15) is 24.3 Å². The van der Waals surface area contributed by atoms with E-state index in [2.05, 4.69) is 11.4 Å². The van der Waals surface area contributed by atoms with Crippen molar-refractivity contribution in [3.63, 3.8) is 0 Å². The van der Waals surface area contributed by atoms with Crippen molar-refractivity contribution in [1.29, 1.82) is 0 Å². The van der Waals surface area contributed by atoms with Gasteiger partial charge in [-0.15, -0.1) is 6.07 Å². The maximum absolute atomic E-state index is 11.3. The van der Waals surface area contributed by atoms with Crippen molar-refractivity contribution >= 4 is 21.5 Å². The summed E-state index contributed by atoms with van der Waals surface area (Å²) in [5, 5.41) is 2.61. The van der Waals surface area contributed by atoms with Crippen LogP contribution in [0.15, 0.2) is 24.3 Å². The Morgan fingerprint density at radius 3 is 2.56 bits per heavy atom. The van der Waals surface area contributed by atoms with Crippen LogP contribution in [0.4, 0.5) is 10.5 Å². The summed E-state index contributed by atoms with van der Waals surface area (Å²) < 4.78 is 5.08. The Hall–Kier alpha value is -0.597. The van der Waals surface area contributed by atoms with E-state index in [0.717, 1.165) is 17.3 Å². The molecule has 1 aromatic carbocycles. The Kier molecular flexibility index (Phi) is 7.36. The fourth-order valence-corrected chi connectivity index (χ4v) is 0.893. The zero-order valence-electron chi connectivity index (χ0n) is 9.71. The van der Waals surface area contributed by atoms with Crippen molar-refractivity contribution in [1.82, 2.24) is 0 Å². The van der Waals surface area contributed by atoms with E-state index in [-0.39, 0.29) is 0 Å². The number of hydrogen-bond donors (Lipinski definition) is 1. The summed E-state index contributed by atoms with van der Waals surface area (Å²) in [7, 11) is 4.76. The summed E-state index contributed by atoms with van der Waals surface area (Å²) in [5.41, 5.74) is 0.213. The fourth-order valence-electron chi connectivity index (χ4n) is 0.893. The van der Waals surface area contributed by atoms with Gasteiger partial charge in [0, 0.05) is 0 Å². The number of amides is 1. The molecule has 5 heteroatoms. The fraction of sp³-hybridized carbons (Fsp3) is 0.364. The number of anilines is 1. The molecule has 0 saturated carbocycles. The van der Waals surface area contributed by atoms with Crippen molar-refractivity contribution < 1.29 is 26.8 Å². The van der Waals surface area contributed by atoms with E-state index in [1.165, 1.54) is 0 Å². The molecule has 16 heavy (non-hydrogen) atoms. The van der Waals surface area contributed by atoms with Crippen molar-refractivity contribution in [2.75, 3.05) is 5.32 Å². The summed E-state index contributed by atoms with van der Waals surface area (Å²) in [6, 6.07) is 9.88. The average molecular weight is 293 g/mol. The topological polar surface area (TPSA) is 38.3 Å². The molecule has 0 aliphatic carbocycles. The van der Waals surface area contributed by atoms with E-state index in [1.807, 2.05) is 20.8 Å². The molecule has 0 fully saturated rings. The Morgan fingerprint density at radius 1 is 1.50 bits per heavy atom. The molecule has 1 amide bonds. The molecule has 1 aromatic rings. The van der Waals surface area contributed by atoms with Gasteiger partial charge in [0.15, 0.2) is 0 Å². The standard InChI is InChI=1S/C11H14NO2.ClH.Zn/c1-11(2,3)14-10(13)12-9-7-5-4-6-8-9;;/h4-5,7-8H,1-3H3,(H,12,13);1H;/q-1;;+2/p-1. The van der Waals surface area contributed by atoms with E-state index in [0.29, 0.717) is 5.69 Å². The molecule has 84 valence electrons. The van der Waals surface area contributed by atoms with Gasteiger partial charge in [-0.05, 0) is 20.8 Å². The first kappa shape index (κ1) is 15.4. The molecule has 3 nitrogen and oxygen atoms in total. The van der Waals surface area contributed by atoms with Crippen LogP contribution in [0.25, 0.3) is 0 Å². The number of carbonyl (C=O) groups excluding carboxylic acids is 1. The summed E-state index contributed by atoms with van der Waals surface area (Å²) in [5.74, 6) is 0. The Balaban J connectivity index is 0.00000106. The number of benzene rings is 1. The van der Waals surface area contributed by atoms with Gasteiger partial charge in [-0.3, -0.25) is 0 Å². The first-order valence-electron chi connectivity index (χ1n) is 4.70. The van der Waals surface area contributed by atoms with Crippen molar-refractivity contribution in [2.24, 2.45) is 0 Å². The van der Waals surface area contributed by atoms with Gasteiger partial charge in [-0.1, -0.05) is 5.69 Å². The second kappa shape index (κ2) is 7.64. The quantitative estimate of drug-likeness (QED) is 0.635. The third-order valence-corrected chi connectivity index (χ3v) is 1.35. The number of halogens is 1. The van der Waals surface area contributed by atoms with Gasteiger partial charge >= 0.3 is 33.1 Å². The molecule has 1 rings (SSSR count). The molecule has 0 radical (unpaired) electrons. The zero-order valence-corrected chi connectivity index (χ0v) is 13.4. The van der Waals surface area contributed by atoms with Crippen LogP contribution in [0.5, 0.6) is 0 Å². The summed E-state index contributed by atoms with van der Waals surface area (Å²) in [6.45, 7) is 5.47. The first-order chi connectivity index (χ1) is 7.47. The second-order valence-corrected chi connectivity index (χ2v) is 3.92. The van der Waals surface area contributed by atoms with Crippen LogP contribution < -0.4 is 5.32 Å². The summed E-state index contributed by atoms with van der Waals surface area (Å²) in [4.78, 5) is 11.3. The SMILES string of the molecule is CC(C)(C)OC(=O)Nc1c[c-]ccc1.[Cl][Zn+].